The lowest BCUT2D eigenvalue weighted by molar-refractivity contribution is 0.728. The van der Waals surface area contributed by atoms with Crippen molar-refractivity contribution >= 4 is 33.4 Å². The molecule has 2 unspecified atom stereocenters. The summed E-state index contributed by atoms with van der Waals surface area (Å²) < 4.78 is 2.38. The third kappa shape index (κ3) is 4.59. The van der Waals surface area contributed by atoms with Gasteiger partial charge < -0.3 is 9.47 Å². The Morgan fingerprint density at radius 1 is 0.460 bits per heavy atom. The summed E-state index contributed by atoms with van der Waals surface area (Å²) in [6.07, 6.45) is 8.90. The fraction of sp³-hybridized carbons (Fsp3) is 0.0444. The van der Waals surface area contributed by atoms with Crippen LogP contribution in [0.2, 0.25) is 0 Å². The van der Waals surface area contributed by atoms with Crippen LogP contribution in [0.3, 0.4) is 0 Å². The van der Waals surface area contributed by atoms with Crippen molar-refractivity contribution in [1.29, 1.82) is 0 Å². The summed E-state index contributed by atoms with van der Waals surface area (Å²) in [5, 5.41) is 2.48. The Kier molecular flexibility index (Phi) is 6.56. The SMILES string of the molecule is C1=CC2c3cc4c5ccccc5n(-c5ccccc5)c4cc3N(c3nc(-c4ccccc4)nc(-c4cccc(-c5ccccc5)c4)n3)C2C=C1. The Morgan fingerprint density at radius 2 is 1.10 bits per heavy atom. The van der Waals surface area contributed by atoms with E-state index in [1.54, 1.807) is 0 Å². The standard InChI is InChI=1S/C45H31N5/c1-4-15-30(16-5-1)32-19-14-20-33(27-32)44-46-43(31-17-6-2-7-18-31)47-45(48-44)50-40-26-13-11-24-36(40)38-28-37-35-23-10-12-25-39(35)49(41(37)29-42(38)50)34-21-8-3-9-22-34/h1-29,36,40H. The second-order valence-corrected chi connectivity index (χ2v) is 12.9. The van der Waals surface area contributed by atoms with Crippen molar-refractivity contribution in [3.63, 3.8) is 0 Å². The van der Waals surface area contributed by atoms with Crippen molar-refractivity contribution in [2.24, 2.45) is 0 Å². The molecule has 5 nitrogen and oxygen atoms in total. The average Bonchev–Trinajstić information content (AvgIpc) is 3.70. The van der Waals surface area contributed by atoms with Crippen LogP contribution in [0.4, 0.5) is 11.6 Å². The first kappa shape index (κ1) is 28.4. The van der Waals surface area contributed by atoms with Gasteiger partial charge in [0.2, 0.25) is 5.95 Å². The zero-order valence-electron chi connectivity index (χ0n) is 27.1. The molecule has 10 rings (SSSR count). The minimum Gasteiger partial charge on any atom is -0.309 e. The van der Waals surface area contributed by atoms with E-state index < -0.39 is 0 Å². The molecule has 2 aliphatic rings. The van der Waals surface area contributed by atoms with Crippen molar-refractivity contribution in [3.8, 4) is 39.6 Å². The van der Waals surface area contributed by atoms with Gasteiger partial charge in [-0.25, -0.2) is 4.98 Å². The maximum Gasteiger partial charge on any atom is 0.234 e. The summed E-state index contributed by atoms with van der Waals surface area (Å²) in [5.41, 5.74) is 10.0. The molecular weight excluding hydrogens is 611 g/mol. The molecule has 50 heavy (non-hydrogen) atoms. The average molecular weight is 642 g/mol. The highest BCUT2D eigenvalue weighted by Gasteiger charge is 2.40. The van der Waals surface area contributed by atoms with Gasteiger partial charge in [-0.2, -0.15) is 9.97 Å². The van der Waals surface area contributed by atoms with E-state index >= 15 is 0 Å². The minimum absolute atomic E-state index is 0.0208. The molecule has 8 aromatic rings. The maximum atomic E-state index is 5.28. The third-order valence-corrected chi connectivity index (χ3v) is 9.96. The molecule has 5 heteroatoms. The van der Waals surface area contributed by atoms with Crippen molar-refractivity contribution in [2.75, 3.05) is 4.90 Å². The molecule has 1 aliphatic heterocycles. The van der Waals surface area contributed by atoms with Gasteiger partial charge in [0.1, 0.15) is 0 Å². The fourth-order valence-electron chi connectivity index (χ4n) is 7.67. The minimum atomic E-state index is 0.0208. The summed E-state index contributed by atoms with van der Waals surface area (Å²) in [7, 11) is 0. The van der Waals surface area contributed by atoms with Gasteiger partial charge in [0.25, 0.3) is 0 Å². The second-order valence-electron chi connectivity index (χ2n) is 12.9. The topological polar surface area (TPSA) is 46.8 Å². The first-order valence-corrected chi connectivity index (χ1v) is 17.0. The molecule has 1 aliphatic carbocycles. The highest BCUT2D eigenvalue weighted by atomic mass is 15.3. The lowest BCUT2D eigenvalue weighted by Crippen LogP contribution is -2.30. The lowest BCUT2D eigenvalue weighted by Gasteiger charge is -2.27. The first-order valence-electron chi connectivity index (χ1n) is 17.0. The van der Waals surface area contributed by atoms with Crippen molar-refractivity contribution < 1.29 is 0 Å². The normalized spacial score (nSPS) is 16.2. The third-order valence-electron chi connectivity index (χ3n) is 9.96. The Labute approximate surface area is 290 Å². The van der Waals surface area contributed by atoms with E-state index in [2.05, 4.69) is 161 Å². The second kappa shape index (κ2) is 11.5. The zero-order valence-corrected chi connectivity index (χ0v) is 27.1. The molecule has 0 spiro atoms. The Bertz CT molecular complexity index is 2600. The van der Waals surface area contributed by atoms with E-state index in [4.69, 9.17) is 15.0 Å². The van der Waals surface area contributed by atoms with Crippen LogP contribution in [-0.4, -0.2) is 25.6 Å². The van der Waals surface area contributed by atoms with Crippen molar-refractivity contribution in [3.05, 3.63) is 182 Å². The highest BCUT2D eigenvalue weighted by Crippen LogP contribution is 2.50. The summed E-state index contributed by atoms with van der Waals surface area (Å²) >= 11 is 0. The largest absolute Gasteiger partial charge is 0.309 e. The van der Waals surface area contributed by atoms with Crippen LogP contribution in [0.1, 0.15) is 11.5 Å². The molecular formula is C45H31N5. The number of hydrogen-bond acceptors (Lipinski definition) is 4. The molecule has 3 heterocycles. The van der Waals surface area contributed by atoms with E-state index in [0.29, 0.717) is 17.6 Å². The molecule has 0 saturated heterocycles. The molecule has 0 radical (unpaired) electrons. The number of nitrogens with zero attached hydrogens (tertiary/aromatic N) is 5. The molecule has 2 atom stereocenters. The lowest BCUT2D eigenvalue weighted by atomic mass is 9.91. The van der Waals surface area contributed by atoms with Crippen LogP contribution in [0, 0.1) is 0 Å². The molecule has 0 fully saturated rings. The number of para-hydroxylation sites is 2. The molecule has 2 aromatic heterocycles. The quantitative estimate of drug-likeness (QED) is 0.188. The van der Waals surface area contributed by atoms with Gasteiger partial charge in [-0.05, 0) is 53.1 Å². The molecule has 236 valence electrons. The van der Waals surface area contributed by atoms with Gasteiger partial charge in [0.15, 0.2) is 11.6 Å². The summed E-state index contributed by atoms with van der Waals surface area (Å²) in [4.78, 5) is 17.9. The zero-order chi connectivity index (χ0) is 33.0. The molecule has 0 N–H and O–H groups in total. The molecule has 6 aromatic carbocycles. The van der Waals surface area contributed by atoms with Gasteiger partial charge in [-0.15, -0.1) is 0 Å². The van der Waals surface area contributed by atoms with Gasteiger partial charge in [0, 0.05) is 33.5 Å². The highest BCUT2D eigenvalue weighted by molar-refractivity contribution is 6.11. The van der Waals surface area contributed by atoms with E-state index in [1.807, 2.05) is 24.3 Å². The van der Waals surface area contributed by atoms with Crippen molar-refractivity contribution in [1.82, 2.24) is 19.5 Å². The summed E-state index contributed by atoms with van der Waals surface area (Å²) in [6.45, 7) is 0. The first-order chi connectivity index (χ1) is 24.8. The summed E-state index contributed by atoms with van der Waals surface area (Å²) in [5.74, 6) is 2.08. The van der Waals surface area contributed by atoms with Crippen LogP contribution >= 0.6 is 0 Å². The Morgan fingerprint density at radius 3 is 1.90 bits per heavy atom. The van der Waals surface area contributed by atoms with E-state index in [-0.39, 0.29) is 12.0 Å². The molecule has 0 amide bonds. The number of fused-ring (bicyclic) bond motifs is 6. The number of anilines is 2. The van der Waals surface area contributed by atoms with E-state index in [1.165, 1.54) is 21.9 Å². The van der Waals surface area contributed by atoms with Gasteiger partial charge in [-0.1, -0.05) is 140 Å². The Hall–Kier alpha value is -6.59. The maximum absolute atomic E-state index is 5.28. The molecule has 0 bridgehead atoms. The van der Waals surface area contributed by atoms with Crippen LogP contribution in [0.15, 0.2) is 176 Å². The van der Waals surface area contributed by atoms with E-state index in [9.17, 15) is 0 Å². The predicted octanol–water partition coefficient (Wildman–Crippen LogP) is 10.7. The number of rotatable bonds is 5. The van der Waals surface area contributed by atoms with Gasteiger partial charge >= 0.3 is 0 Å². The van der Waals surface area contributed by atoms with Crippen molar-refractivity contribution in [2.45, 2.75) is 12.0 Å². The van der Waals surface area contributed by atoms with Crippen LogP contribution in [0.5, 0.6) is 0 Å². The summed E-state index contributed by atoms with van der Waals surface area (Å²) in [6, 6.07) is 53.2. The van der Waals surface area contributed by atoms with Crippen LogP contribution < -0.4 is 4.90 Å². The monoisotopic (exact) mass is 641 g/mol. The van der Waals surface area contributed by atoms with Gasteiger partial charge in [0.05, 0.1) is 22.8 Å². The van der Waals surface area contributed by atoms with Crippen LogP contribution in [0.25, 0.3) is 61.4 Å². The van der Waals surface area contributed by atoms with Crippen LogP contribution in [-0.2, 0) is 0 Å². The number of allylic oxidation sites excluding steroid dienone is 2. The number of hydrogen-bond donors (Lipinski definition) is 0. The number of benzene rings is 6. The Balaban J connectivity index is 1.21. The van der Waals surface area contributed by atoms with E-state index in [0.717, 1.165) is 39.1 Å². The fourth-order valence-corrected chi connectivity index (χ4v) is 7.67. The number of aromatic nitrogens is 4. The smallest absolute Gasteiger partial charge is 0.234 e. The molecule has 0 saturated carbocycles. The van der Waals surface area contributed by atoms with Gasteiger partial charge in [-0.3, -0.25) is 0 Å². The predicted molar refractivity (Wildman–Crippen MR) is 204 cm³/mol.